The molecule has 4 rings (SSSR count). The molecule has 7 nitrogen and oxygen atoms in total. The molecule has 0 aromatic heterocycles. The lowest BCUT2D eigenvalue weighted by atomic mass is 9.77. The molecule has 0 heterocycles. The van der Waals surface area contributed by atoms with Crippen molar-refractivity contribution in [1.82, 2.24) is 5.32 Å². The largest absolute Gasteiger partial charge is 0.351 e. The molecular formula is C30H31N2O5P. The van der Waals surface area contributed by atoms with Crippen LogP contribution in [0, 0.1) is 10.1 Å². The predicted octanol–water partition coefficient (Wildman–Crippen LogP) is 7.44. The van der Waals surface area contributed by atoms with Crippen LogP contribution >= 0.6 is 7.60 Å². The molecule has 0 aliphatic heterocycles. The van der Waals surface area contributed by atoms with E-state index in [4.69, 9.17) is 9.05 Å². The Hall–Kier alpha value is -3.61. The Labute approximate surface area is 223 Å². The second-order valence-corrected chi connectivity index (χ2v) is 10.7. The van der Waals surface area contributed by atoms with Gasteiger partial charge in [0.15, 0.2) is 0 Å². The van der Waals surface area contributed by atoms with Gasteiger partial charge >= 0.3 is 7.60 Å². The second-order valence-electron chi connectivity index (χ2n) is 8.62. The Kier molecular flexibility index (Phi) is 8.87. The molecule has 1 atom stereocenters. The first kappa shape index (κ1) is 27.4. The zero-order valence-electron chi connectivity index (χ0n) is 21.4. The number of rotatable bonds is 12. The van der Waals surface area contributed by atoms with Gasteiger partial charge in [-0.25, -0.2) is 0 Å². The number of nitro benzene ring substituents is 1. The highest BCUT2D eigenvalue weighted by Crippen LogP contribution is 2.61. The molecule has 0 aliphatic carbocycles. The molecule has 0 amide bonds. The molecule has 0 aliphatic rings. The van der Waals surface area contributed by atoms with Crippen molar-refractivity contribution in [2.75, 3.05) is 13.2 Å². The summed E-state index contributed by atoms with van der Waals surface area (Å²) in [6.07, 6.45) is 0. The Balaban J connectivity index is 2.01. The number of nitrogens with one attached hydrogen (secondary N) is 1. The molecule has 0 radical (unpaired) electrons. The molecule has 0 fully saturated rings. The number of benzene rings is 4. The third kappa shape index (κ3) is 5.62. The highest BCUT2D eigenvalue weighted by molar-refractivity contribution is 7.54. The Morgan fingerprint density at radius 2 is 1.13 bits per heavy atom. The van der Waals surface area contributed by atoms with Crippen molar-refractivity contribution in [3.63, 3.8) is 0 Å². The first-order chi connectivity index (χ1) is 18.4. The molecule has 0 spiro atoms. The maximum atomic E-state index is 14.5. The van der Waals surface area contributed by atoms with E-state index in [0.29, 0.717) is 5.56 Å². The van der Waals surface area contributed by atoms with E-state index in [0.717, 1.165) is 16.7 Å². The molecule has 0 saturated carbocycles. The van der Waals surface area contributed by atoms with Gasteiger partial charge in [-0.2, -0.15) is 0 Å². The molecule has 0 bridgehead atoms. The average Bonchev–Trinajstić information content (AvgIpc) is 2.95. The van der Waals surface area contributed by atoms with Crippen LogP contribution in [0.15, 0.2) is 115 Å². The third-order valence-electron chi connectivity index (χ3n) is 6.33. The summed E-state index contributed by atoms with van der Waals surface area (Å²) in [5.74, 6) is -0.955. The van der Waals surface area contributed by atoms with Gasteiger partial charge in [0.2, 0.25) is 0 Å². The summed E-state index contributed by atoms with van der Waals surface area (Å²) in [4.78, 5) is 10.9. The Bertz CT molecular complexity index is 1260. The maximum Gasteiger partial charge on any atom is 0.351 e. The van der Waals surface area contributed by atoms with Gasteiger partial charge in [-0.1, -0.05) is 91.0 Å². The first-order valence-electron chi connectivity index (χ1n) is 12.5. The van der Waals surface area contributed by atoms with Crippen molar-refractivity contribution in [1.29, 1.82) is 0 Å². The Morgan fingerprint density at radius 3 is 1.47 bits per heavy atom. The number of hydrogen-bond acceptors (Lipinski definition) is 6. The van der Waals surface area contributed by atoms with Gasteiger partial charge in [0.05, 0.1) is 23.7 Å². The molecule has 1 unspecified atom stereocenters. The van der Waals surface area contributed by atoms with E-state index in [1.165, 1.54) is 12.1 Å². The van der Waals surface area contributed by atoms with Crippen molar-refractivity contribution in [2.24, 2.45) is 0 Å². The quantitative estimate of drug-likeness (QED) is 0.0886. The lowest BCUT2D eigenvalue weighted by molar-refractivity contribution is -0.384. The molecule has 8 heteroatoms. The van der Waals surface area contributed by atoms with Crippen molar-refractivity contribution in [2.45, 2.75) is 25.2 Å². The van der Waals surface area contributed by atoms with Crippen LogP contribution in [0.5, 0.6) is 0 Å². The van der Waals surface area contributed by atoms with E-state index >= 15 is 0 Å². The van der Waals surface area contributed by atoms with Crippen molar-refractivity contribution >= 4 is 13.3 Å². The molecule has 38 heavy (non-hydrogen) atoms. The summed E-state index contributed by atoms with van der Waals surface area (Å²) in [6.45, 7) is 3.85. The summed E-state index contributed by atoms with van der Waals surface area (Å²) >= 11 is 0. The van der Waals surface area contributed by atoms with E-state index in [2.05, 4.69) is 5.32 Å². The van der Waals surface area contributed by atoms with Gasteiger partial charge in [-0.15, -0.1) is 0 Å². The minimum absolute atomic E-state index is 0.0596. The van der Waals surface area contributed by atoms with E-state index in [-0.39, 0.29) is 18.9 Å². The average molecular weight is 531 g/mol. The van der Waals surface area contributed by atoms with Gasteiger partial charge in [0.25, 0.3) is 5.69 Å². The summed E-state index contributed by atoms with van der Waals surface area (Å²) in [7, 11) is -3.83. The van der Waals surface area contributed by atoms with E-state index < -0.39 is 23.8 Å². The number of nitro groups is 1. The zero-order chi connectivity index (χ0) is 27.0. The molecule has 4 aromatic carbocycles. The fourth-order valence-corrected chi connectivity index (χ4v) is 6.67. The molecule has 196 valence electrons. The van der Waals surface area contributed by atoms with Gasteiger partial charge in [0.1, 0.15) is 5.78 Å². The predicted molar refractivity (Wildman–Crippen MR) is 149 cm³/mol. The van der Waals surface area contributed by atoms with E-state index in [1.54, 1.807) is 26.0 Å². The van der Waals surface area contributed by atoms with Crippen molar-refractivity contribution < 1.29 is 18.5 Å². The first-order valence-corrected chi connectivity index (χ1v) is 14.1. The lowest BCUT2D eigenvalue weighted by Gasteiger charge is -2.41. The number of hydrogen-bond donors (Lipinski definition) is 1. The van der Waals surface area contributed by atoms with Gasteiger partial charge in [-0.05, 0) is 48.2 Å². The second kappa shape index (κ2) is 12.3. The maximum absolute atomic E-state index is 14.5. The van der Waals surface area contributed by atoms with Crippen LogP contribution < -0.4 is 5.32 Å². The topological polar surface area (TPSA) is 90.7 Å². The van der Waals surface area contributed by atoms with Crippen LogP contribution in [0.3, 0.4) is 0 Å². The van der Waals surface area contributed by atoms with Crippen LogP contribution in [0.4, 0.5) is 5.69 Å². The summed E-state index contributed by atoms with van der Waals surface area (Å²) in [6, 6.07) is 35.7. The fraction of sp³-hybridized carbons (Fsp3) is 0.200. The molecule has 4 aromatic rings. The summed E-state index contributed by atoms with van der Waals surface area (Å²) in [5.41, 5.74) is 2.28. The van der Waals surface area contributed by atoms with Crippen molar-refractivity contribution in [3.05, 3.63) is 148 Å². The minimum Gasteiger partial charge on any atom is -0.308 e. The van der Waals surface area contributed by atoms with Gasteiger partial charge in [0, 0.05) is 12.1 Å². The smallest absolute Gasteiger partial charge is 0.308 e. The van der Waals surface area contributed by atoms with Crippen LogP contribution in [0.1, 0.15) is 41.9 Å². The van der Waals surface area contributed by atoms with Crippen LogP contribution in [0.2, 0.25) is 0 Å². The van der Waals surface area contributed by atoms with Crippen LogP contribution in [-0.4, -0.2) is 18.1 Å². The van der Waals surface area contributed by atoms with Crippen LogP contribution in [0.25, 0.3) is 0 Å². The third-order valence-corrected chi connectivity index (χ3v) is 8.62. The van der Waals surface area contributed by atoms with E-state index in [1.807, 2.05) is 91.0 Å². The standard InChI is InChI=1S/C30H31N2O5P/c1-3-36-38(35,37-4-2)29(24-20-22-28(23-21-24)32(33)34)31-30(25-14-8-5-9-15-25,26-16-10-6-11-17-26)27-18-12-7-13-19-27/h5-23,29,31H,3-4H2,1-2H3. The molecule has 0 saturated heterocycles. The zero-order valence-corrected chi connectivity index (χ0v) is 22.3. The summed E-state index contributed by atoms with van der Waals surface area (Å²) in [5, 5.41) is 15.1. The van der Waals surface area contributed by atoms with Gasteiger partial charge < -0.3 is 9.05 Å². The minimum atomic E-state index is -3.83. The highest BCUT2D eigenvalue weighted by Gasteiger charge is 2.45. The van der Waals surface area contributed by atoms with Crippen molar-refractivity contribution in [3.8, 4) is 0 Å². The lowest BCUT2D eigenvalue weighted by Crippen LogP contribution is -2.46. The number of nitrogens with zero attached hydrogens (tertiary/aromatic N) is 1. The Morgan fingerprint density at radius 1 is 0.737 bits per heavy atom. The van der Waals surface area contributed by atoms with E-state index in [9.17, 15) is 14.7 Å². The normalized spacial score (nSPS) is 12.7. The fourth-order valence-electron chi connectivity index (χ4n) is 4.69. The van der Waals surface area contributed by atoms with Gasteiger partial charge in [-0.3, -0.25) is 20.0 Å². The monoisotopic (exact) mass is 530 g/mol. The SMILES string of the molecule is CCOP(=O)(OCC)C(NC(c1ccccc1)(c1ccccc1)c1ccccc1)c1ccc([N+](=O)[O-])cc1. The molecule has 1 N–H and O–H groups in total. The number of non-ortho nitro benzene ring substituents is 1. The summed E-state index contributed by atoms with van der Waals surface area (Å²) < 4.78 is 26.2. The highest BCUT2D eigenvalue weighted by atomic mass is 31.2. The van der Waals surface area contributed by atoms with Crippen LogP contribution in [-0.2, 0) is 19.2 Å². The molecular weight excluding hydrogens is 499 g/mol.